The summed E-state index contributed by atoms with van der Waals surface area (Å²) in [6, 6.07) is 8.81. The third-order valence-corrected chi connectivity index (χ3v) is 3.40. The Kier molecular flexibility index (Phi) is 3.69. The second-order valence-corrected chi connectivity index (χ2v) is 5.83. The maximum Gasteiger partial charge on any atom is 0.285 e. The average Bonchev–Trinajstić information content (AvgIpc) is 2.83. The van der Waals surface area contributed by atoms with Gasteiger partial charge in [-0.3, -0.25) is 0 Å². The summed E-state index contributed by atoms with van der Waals surface area (Å²) in [6.45, 7) is 6.59. The van der Waals surface area contributed by atoms with Crippen molar-refractivity contribution in [2.24, 2.45) is 10.4 Å². The maximum absolute atomic E-state index is 5.91. The van der Waals surface area contributed by atoms with Crippen molar-refractivity contribution in [3.63, 3.8) is 0 Å². The average molecular weight is 262 g/mol. The number of ether oxygens (including phenoxy) is 2. The molecule has 0 saturated carbocycles. The van der Waals surface area contributed by atoms with Gasteiger partial charge < -0.3 is 14.8 Å². The molecular formula is C15H22N2O2. The highest BCUT2D eigenvalue weighted by atomic mass is 16.5. The minimum absolute atomic E-state index is 0.0235. The summed E-state index contributed by atoms with van der Waals surface area (Å²) >= 11 is 0. The van der Waals surface area contributed by atoms with Crippen LogP contribution in [0.25, 0.3) is 0 Å². The number of aliphatic imine (C=N–C) groups is 1. The molecule has 0 aliphatic carbocycles. The zero-order chi connectivity index (χ0) is 14.0. The van der Waals surface area contributed by atoms with E-state index >= 15 is 0 Å². The van der Waals surface area contributed by atoms with Crippen molar-refractivity contribution in [3.8, 4) is 5.75 Å². The Hall–Kier alpha value is -1.71. The van der Waals surface area contributed by atoms with Crippen molar-refractivity contribution in [2.45, 2.75) is 32.9 Å². The van der Waals surface area contributed by atoms with Crippen LogP contribution < -0.4 is 10.1 Å². The predicted octanol–water partition coefficient (Wildman–Crippen LogP) is 2.76. The number of methoxy groups -OCH3 is 1. The lowest BCUT2D eigenvalue weighted by Crippen LogP contribution is -2.39. The van der Waals surface area contributed by atoms with Gasteiger partial charge >= 0.3 is 0 Å². The molecule has 4 nitrogen and oxygen atoms in total. The largest absolute Gasteiger partial charge is 0.497 e. The van der Waals surface area contributed by atoms with Gasteiger partial charge in [0.05, 0.1) is 13.2 Å². The van der Waals surface area contributed by atoms with E-state index in [2.05, 4.69) is 31.1 Å². The number of nitrogens with one attached hydrogen (secondary N) is 1. The molecule has 1 heterocycles. The monoisotopic (exact) mass is 262 g/mol. The molecule has 0 amide bonds. The van der Waals surface area contributed by atoms with Crippen molar-refractivity contribution in [3.05, 3.63) is 29.8 Å². The van der Waals surface area contributed by atoms with Crippen molar-refractivity contribution < 1.29 is 9.47 Å². The molecule has 1 aliphatic rings. The van der Waals surface area contributed by atoms with E-state index in [1.165, 1.54) is 0 Å². The molecule has 0 aromatic heterocycles. The van der Waals surface area contributed by atoms with Crippen LogP contribution in [0.5, 0.6) is 5.75 Å². The molecule has 4 heteroatoms. The number of rotatable bonds is 2. The fourth-order valence-electron chi connectivity index (χ4n) is 2.27. The molecule has 0 spiro atoms. The van der Waals surface area contributed by atoms with Gasteiger partial charge in [0.2, 0.25) is 0 Å². The second-order valence-electron chi connectivity index (χ2n) is 5.83. The predicted molar refractivity (Wildman–Crippen MR) is 76.6 cm³/mol. The van der Waals surface area contributed by atoms with Crippen molar-refractivity contribution in [1.82, 2.24) is 5.32 Å². The molecule has 0 bridgehead atoms. The Labute approximate surface area is 114 Å². The van der Waals surface area contributed by atoms with Crippen LogP contribution in [0.4, 0.5) is 0 Å². The van der Waals surface area contributed by atoms with Crippen LogP contribution in [0, 0.1) is 5.41 Å². The van der Waals surface area contributed by atoms with Gasteiger partial charge in [0, 0.05) is 7.05 Å². The van der Waals surface area contributed by atoms with Crippen LogP contribution in [0.1, 0.15) is 32.4 Å². The number of hydrogen-bond acceptors (Lipinski definition) is 3. The molecular weight excluding hydrogens is 240 g/mol. The fourth-order valence-corrected chi connectivity index (χ4v) is 2.27. The standard InChI is InChI=1S/C15H22N2O2/c1-15(2,3)13-12(19-14(16-4)17-13)10-6-8-11(18-5)9-7-10/h6-9,12-13H,1-5H3,(H,16,17)/t12-,13+/m1/s1. The summed E-state index contributed by atoms with van der Waals surface area (Å²) in [5.41, 5.74) is 1.21. The molecule has 1 saturated heterocycles. The lowest BCUT2D eigenvalue weighted by atomic mass is 9.82. The third-order valence-electron chi connectivity index (χ3n) is 3.40. The molecule has 0 radical (unpaired) electrons. The first-order chi connectivity index (χ1) is 8.95. The lowest BCUT2D eigenvalue weighted by Gasteiger charge is -2.29. The Morgan fingerprint density at radius 2 is 1.84 bits per heavy atom. The molecule has 0 unspecified atom stereocenters. The van der Waals surface area contributed by atoms with Gasteiger partial charge in [-0.2, -0.15) is 0 Å². The zero-order valence-corrected chi connectivity index (χ0v) is 12.2. The highest BCUT2D eigenvalue weighted by molar-refractivity contribution is 5.76. The topological polar surface area (TPSA) is 42.9 Å². The number of nitrogens with zero attached hydrogens (tertiary/aromatic N) is 1. The van der Waals surface area contributed by atoms with E-state index in [1.54, 1.807) is 14.2 Å². The van der Waals surface area contributed by atoms with Gasteiger partial charge in [-0.1, -0.05) is 32.9 Å². The first kappa shape index (κ1) is 13.7. The molecule has 2 atom stereocenters. The van der Waals surface area contributed by atoms with Crippen LogP contribution in [0.3, 0.4) is 0 Å². The van der Waals surface area contributed by atoms with Gasteiger partial charge in [-0.25, -0.2) is 4.99 Å². The molecule has 1 aromatic rings. The van der Waals surface area contributed by atoms with Crippen LogP contribution in [0.2, 0.25) is 0 Å². The highest BCUT2D eigenvalue weighted by Gasteiger charge is 2.41. The SMILES string of the molecule is CN=C1N[C@H](C(C)(C)C)[C@@H](c2ccc(OC)cc2)O1. The molecule has 2 rings (SSSR count). The summed E-state index contributed by atoms with van der Waals surface area (Å²) in [7, 11) is 3.40. The second kappa shape index (κ2) is 5.11. The van der Waals surface area contributed by atoms with E-state index in [1.807, 2.05) is 24.3 Å². The maximum atomic E-state index is 5.91. The van der Waals surface area contributed by atoms with E-state index < -0.39 is 0 Å². The lowest BCUT2D eigenvalue weighted by molar-refractivity contribution is 0.144. The van der Waals surface area contributed by atoms with Gasteiger partial charge in [0.25, 0.3) is 6.02 Å². The quantitative estimate of drug-likeness (QED) is 0.891. The van der Waals surface area contributed by atoms with Gasteiger partial charge in [0.15, 0.2) is 0 Å². The summed E-state index contributed by atoms with van der Waals surface area (Å²) in [5.74, 6) is 0.853. The molecule has 1 aromatic carbocycles. The van der Waals surface area contributed by atoms with Crippen molar-refractivity contribution in [1.29, 1.82) is 0 Å². The number of hydrogen-bond donors (Lipinski definition) is 1. The Bertz CT molecular complexity index is 460. The first-order valence-electron chi connectivity index (χ1n) is 6.49. The summed E-state index contributed by atoms with van der Waals surface area (Å²) in [5, 5.41) is 3.35. The van der Waals surface area contributed by atoms with Crippen molar-refractivity contribution >= 4 is 6.02 Å². The van der Waals surface area contributed by atoms with Crippen molar-refractivity contribution in [2.75, 3.05) is 14.2 Å². The Balaban J connectivity index is 2.29. The highest BCUT2D eigenvalue weighted by Crippen LogP contribution is 2.36. The van der Waals surface area contributed by atoms with Gasteiger partial charge in [0.1, 0.15) is 11.9 Å². The van der Waals surface area contributed by atoms with E-state index in [9.17, 15) is 0 Å². The molecule has 1 fully saturated rings. The van der Waals surface area contributed by atoms with E-state index in [0.29, 0.717) is 6.02 Å². The van der Waals surface area contributed by atoms with E-state index in [4.69, 9.17) is 9.47 Å². The van der Waals surface area contributed by atoms with Gasteiger partial charge in [-0.15, -0.1) is 0 Å². The van der Waals surface area contributed by atoms with Crippen LogP contribution in [0.15, 0.2) is 29.3 Å². The molecule has 104 valence electrons. The van der Waals surface area contributed by atoms with Crippen LogP contribution in [-0.4, -0.2) is 26.2 Å². The summed E-state index contributed by atoms with van der Waals surface area (Å²) in [6.07, 6.45) is -0.0235. The molecule has 1 aliphatic heterocycles. The normalized spacial score (nSPS) is 25.0. The fraction of sp³-hybridized carbons (Fsp3) is 0.533. The smallest absolute Gasteiger partial charge is 0.285 e. The summed E-state index contributed by atoms with van der Waals surface area (Å²) in [4.78, 5) is 4.12. The minimum atomic E-state index is -0.0235. The van der Waals surface area contributed by atoms with Gasteiger partial charge in [-0.05, 0) is 23.1 Å². The number of benzene rings is 1. The molecule has 19 heavy (non-hydrogen) atoms. The van der Waals surface area contributed by atoms with E-state index in [0.717, 1.165) is 11.3 Å². The van der Waals surface area contributed by atoms with Crippen LogP contribution in [-0.2, 0) is 4.74 Å². The first-order valence-corrected chi connectivity index (χ1v) is 6.49. The number of amidine groups is 1. The Morgan fingerprint density at radius 3 is 2.32 bits per heavy atom. The Morgan fingerprint density at radius 1 is 1.21 bits per heavy atom. The summed E-state index contributed by atoms with van der Waals surface area (Å²) < 4.78 is 11.1. The zero-order valence-electron chi connectivity index (χ0n) is 12.2. The van der Waals surface area contributed by atoms with E-state index in [-0.39, 0.29) is 17.6 Å². The third kappa shape index (κ3) is 2.83. The minimum Gasteiger partial charge on any atom is -0.497 e. The van der Waals surface area contributed by atoms with Crippen LogP contribution >= 0.6 is 0 Å². The molecule has 1 N–H and O–H groups in total.